The molecule has 7 nitrogen and oxygen atoms in total. The number of alkyl halides is 4. The molecular weight excluding hydrogens is 538 g/mol. The highest BCUT2D eigenvalue weighted by atomic mass is 35.5. The quantitative estimate of drug-likeness (QED) is 0.324. The molecule has 0 spiro atoms. The summed E-state index contributed by atoms with van der Waals surface area (Å²) in [6.07, 6.45) is -3.38. The number of aromatic nitrogens is 2. The number of nitrogens with two attached hydrogens (primary N) is 1. The van der Waals surface area contributed by atoms with Crippen LogP contribution in [-0.4, -0.2) is 66.5 Å². The summed E-state index contributed by atoms with van der Waals surface area (Å²) in [5, 5.41) is 0.503. The predicted octanol–water partition coefficient (Wildman–Crippen LogP) is 5.64. The lowest BCUT2D eigenvalue weighted by Crippen LogP contribution is -2.43. The van der Waals surface area contributed by atoms with Crippen LogP contribution in [0.5, 0.6) is 11.8 Å². The van der Waals surface area contributed by atoms with Crippen LogP contribution < -0.4 is 20.1 Å². The minimum absolute atomic E-state index is 0.0179. The molecule has 3 aromatic rings. The van der Waals surface area contributed by atoms with Crippen molar-refractivity contribution >= 4 is 34.0 Å². The maximum Gasteiger partial charge on any atom is 0.417 e. The lowest BCUT2D eigenvalue weighted by Gasteiger charge is -2.31. The van der Waals surface area contributed by atoms with Gasteiger partial charge < -0.3 is 20.1 Å². The summed E-state index contributed by atoms with van der Waals surface area (Å²) in [6.45, 7) is 3.48. The Bertz CT molecular complexity index is 1470. The van der Waals surface area contributed by atoms with Gasteiger partial charge in [-0.3, -0.25) is 4.90 Å². The number of likely N-dealkylation sites (N-methyl/N-ethyl adjacent to an activating group) is 1. The first-order chi connectivity index (χ1) is 18.5. The highest BCUT2D eigenvalue weighted by molar-refractivity contribution is 6.36. The van der Waals surface area contributed by atoms with Crippen molar-refractivity contribution in [2.24, 2.45) is 0 Å². The molecule has 1 aromatic heterocycles. The van der Waals surface area contributed by atoms with E-state index in [9.17, 15) is 17.6 Å². The van der Waals surface area contributed by atoms with Gasteiger partial charge in [0.2, 0.25) is 0 Å². The van der Waals surface area contributed by atoms with Crippen molar-refractivity contribution in [1.29, 1.82) is 0 Å². The van der Waals surface area contributed by atoms with Crippen molar-refractivity contribution < 1.29 is 27.0 Å². The monoisotopic (exact) mass is 565 g/mol. The van der Waals surface area contributed by atoms with Crippen LogP contribution in [-0.2, 0) is 6.18 Å². The molecule has 0 amide bonds. The topological polar surface area (TPSA) is 76.7 Å². The van der Waals surface area contributed by atoms with Crippen molar-refractivity contribution in [3.05, 3.63) is 34.3 Å². The van der Waals surface area contributed by atoms with Gasteiger partial charge in [0.05, 0.1) is 33.6 Å². The summed E-state index contributed by atoms with van der Waals surface area (Å²) < 4.78 is 68.9. The number of nitrogen functional groups attached to an aromatic ring is 1. The highest BCUT2D eigenvalue weighted by Crippen LogP contribution is 2.49. The molecular formula is C27H28ClF4N5O2. The molecule has 39 heavy (non-hydrogen) atoms. The van der Waals surface area contributed by atoms with Crippen LogP contribution in [0, 0.1) is 6.92 Å². The van der Waals surface area contributed by atoms with Crippen molar-refractivity contribution in [2.45, 2.75) is 44.1 Å². The highest BCUT2D eigenvalue weighted by Gasteiger charge is 2.49. The first-order valence-corrected chi connectivity index (χ1v) is 13.2. The van der Waals surface area contributed by atoms with Gasteiger partial charge in [0, 0.05) is 31.3 Å². The Morgan fingerprint density at radius 3 is 2.77 bits per heavy atom. The molecule has 208 valence electrons. The molecule has 2 saturated heterocycles. The molecule has 4 heterocycles. The van der Waals surface area contributed by atoms with Crippen LogP contribution in [0.25, 0.3) is 22.0 Å². The molecule has 6 rings (SSSR count). The van der Waals surface area contributed by atoms with Gasteiger partial charge in [0.1, 0.15) is 25.2 Å². The number of rotatable bonds is 4. The normalized spacial score (nSPS) is 23.2. The Kier molecular flexibility index (Phi) is 6.22. The second kappa shape index (κ2) is 9.26. The van der Waals surface area contributed by atoms with Crippen molar-refractivity contribution in [3.8, 4) is 22.9 Å². The smallest absolute Gasteiger partial charge is 0.417 e. The van der Waals surface area contributed by atoms with Gasteiger partial charge in [-0.05, 0) is 55.6 Å². The Morgan fingerprint density at radius 1 is 1.21 bits per heavy atom. The summed E-state index contributed by atoms with van der Waals surface area (Å²) in [7, 11) is 1.83. The molecule has 0 bridgehead atoms. The van der Waals surface area contributed by atoms with Gasteiger partial charge in [-0.1, -0.05) is 11.6 Å². The molecule has 2 N–H and O–H groups in total. The van der Waals surface area contributed by atoms with E-state index in [-0.39, 0.29) is 52.4 Å². The second-order valence-electron chi connectivity index (χ2n) is 10.7. The number of anilines is 2. The third kappa shape index (κ3) is 4.39. The van der Waals surface area contributed by atoms with Gasteiger partial charge in [-0.15, -0.1) is 0 Å². The minimum Gasteiger partial charge on any atom is -0.489 e. The second-order valence-corrected chi connectivity index (χ2v) is 11.1. The minimum atomic E-state index is -4.65. The number of aryl methyl sites for hydroxylation is 1. The molecule has 3 aliphatic rings. The number of hydrogen-bond acceptors (Lipinski definition) is 7. The van der Waals surface area contributed by atoms with Crippen molar-refractivity contribution in [3.63, 3.8) is 0 Å². The summed E-state index contributed by atoms with van der Waals surface area (Å²) in [5.74, 6) is 0.700. The van der Waals surface area contributed by atoms with Gasteiger partial charge in [0.15, 0.2) is 5.75 Å². The number of hydrogen-bond donors (Lipinski definition) is 1. The molecule has 2 aromatic carbocycles. The Morgan fingerprint density at radius 2 is 2.00 bits per heavy atom. The third-order valence-electron chi connectivity index (χ3n) is 8.04. The molecule has 0 aliphatic carbocycles. The van der Waals surface area contributed by atoms with Crippen molar-refractivity contribution in [2.75, 3.05) is 50.5 Å². The molecule has 0 saturated carbocycles. The fourth-order valence-corrected chi connectivity index (χ4v) is 6.62. The van der Waals surface area contributed by atoms with Gasteiger partial charge >= 0.3 is 12.2 Å². The summed E-state index contributed by atoms with van der Waals surface area (Å²) in [6, 6.07) is 4.11. The lowest BCUT2D eigenvalue weighted by molar-refractivity contribution is -0.137. The van der Waals surface area contributed by atoms with E-state index in [2.05, 4.69) is 14.9 Å². The number of ether oxygens (including phenoxy) is 2. The maximum atomic E-state index is 14.3. The number of nitrogens with zero attached hydrogens (tertiary/aromatic N) is 4. The summed E-state index contributed by atoms with van der Waals surface area (Å²) in [5.41, 5.74) is 5.15. The summed E-state index contributed by atoms with van der Waals surface area (Å²) >= 11 is 6.76. The first kappa shape index (κ1) is 26.2. The van der Waals surface area contributed by atoms with E-state index in [0.29, 0.717) is 36.2 Å². The average molecular weight is 566 g/mol. The SMILES string of the molecule is Cc1cc(N)cc(-c2cc3nc(OC[C@@]45CCCN4C[C@H](F)C5)nc4c3c(c2Cl)OCCN4C)c1C(F)(F)F. The standard InChI is InChI=1S/C27H28ClF4N5O2/c1-14-8-16(33)9-17(21(14)27(30,31)32)18-10-19-20-23(22(18)28)38-7-6-36(2)24(20)35-25(34-19)39-13-26-4-3-5-37(26)12-15(29)11-26/h8-10,15H,3-7,11-13,33H2,1-2H3/t15-,26+/m1/s1. The largest absolute Gasteiger partial charge is 0.489 e. The van der Waals surface area contributed by atoms with Crippen molar-refractivity contribution in [1.82, 2.24) is 14.9 Å². The first-order valence-electron chi connectivity index (χ1n) is 12.8. The Hall–Kier alpha value is -3.05. The fourth-order valence-electron chi connectivity index (χ4n) is 6.31. The van der Waals surface area contributed by atoms with E-state index in [1.807, 2.05) is 11.9 Å². The van der Waals surface area contributed by atoms with Crippen LogP contribution >= 0.6 is 11.6 Å². The molecule has 0 radical (unpaired) electrons. The average Bonchev–Trinajstić information content (AvgIpc) is 3.31. The fraction of sp³-hybridized carbons (Fsp3) is 0.481. The number of fused-ring (bicyclic) bond motifs is 1. The van der Waals surface area contributed by atoms with E-state index in [1.54, 1.807) is 0 Å². The molecule has 0 unspecified atom stereocenters. The predicted molar refractivity (Wildman–Crippen MR) is 141 cm³/mol. The van der Waals surface area contributed by atoms with Gasteiger partial charge in [-0.2, -0.15) is 23.1 Å². The zero-order valence-corrected chi connectivity index (χ0v) is 22.3. The van der Waals surface area contributed by atoms with Gasteiger partial charge in [-0.25, -0.2) is 4.39 Å². The van der Waals surface area contributed by atoms with E-state index < -0.39 is 23.5 Å². The molecule has 3 aliphatic heterocycles. The van der Waals surface area contributed by atoms with Crippen LogP contribution in [0.2, 0.25) is 5.02 Å². The number of halogens is 5. The summed E-state index contributed by atoms with van der Waals surface area (Å²) in [4.78, 5) is 13.2. The maximum absolute atomic E-state index is 14.3. The number of benzene rings is 2. The lowest BCUT2D eigenvalue weighted by atomic mass is 9.93. The van der Waals surface area contributed by atoms with E-state index in [4.69, 9.17) is 26.8 Å². The van der Waals surface area contributed by atoms with E-state index in [1.165, 1.54) is 25.1 Å². The van der Waals surface area contributed by atoms with Gasteiger partial charge in [0.25, 0.3) is 0 Å². The van der Waals surface area contributed by atoms with E-state index in [0.717, 1.165) is 19.4 Å². The molecule has 12 heteroatoms. The molecule has 2 atom stereocenters. The van der Waals surface area contributed by atoms with Crippen LogP contribution in [0.15, 0.2) is 18.2 Å². The van der Waals surface area contributed by atoms with Crippen LogP contribution in [0.3, 0.4) is 0 Å². The van der Waals surface area contributed by atoms with Crippen LogP contribution in [0.4, 0.5) is 29.1 Å². The third-order valence-corrected chi connectivity index (χ3v) is 8.41. The molecule has 2 fully saturated rings. The zero-order valence-electron chi connectivity index (χ0n) is 21.5. The Balaban J connectivity index is 1.50. The van der Waals surface area contributed by atoms with E-state index >= 15 is 0 Å². The zero-order chi connectivity index (χ0) is 27.7. The Labute approximate surface area is 227 Å². The van der Waals surface area contributed by atoms with Crippen LogP contribution in [0.1, 0.15) is 30.4 Å².